The number of nitrogens with zero attached hydrogens (tertiary/aromatic N) is 2. The van der Waals surface area contributed by atoms with Gasteiger partial charge in [0.2, 0.25) is 0 Å². The predicted molar refractivity (Wildman–Crippen MR) is 153 cm³/mol. The monoisotopic (exact) mass is 621 g/mol. The van der Waals surface area contributed by atoms with Crippen LogP contribution in [0.3, 0.4) is 0 Å². The SMILES string of the molecule is COCC/C(=N\S(=O)(=O)Cc1ccc(C(F)(F)F)cc1)Nc1ccc(Oc2ccnc3cc(OC)c(OC)cc23)c(F)c1. The Morgan fingerprint density at radius 2 is 1.60 bits per heavy atom. The van der Waals surface area contributed by atoms with Crippen LogP contribution in [0.15, 0.2) is 71.3 Å². The number of pyridine rings is 1. The standard InChI is InChI=1S/C29H27F4N3O6S/c1-39-13-11-28(36-43(37,38)17-18-4-6-19(7-5-18)29(31,32)33)35-20-8-9-25(22(30)14-20)42-24-10-12-34-23-16-27(41-3)26(40-2)15-21(23)24/h4-10,12,14-16H,11,13,17H2,1-3H3,(H,35,36). The molecule has 1 heterocycles. The zero-order chi connectivity index (χ0) is 31.2. The molecule has 228 valence electrons. The van der Waals surface area contributed by atoms with Crippen LogP contribution in [0.4, 0.5) is 23.2 Å². The number of aromatic nitrogens is 1. The molecule has 9 nitrogen and oxygen atoms in total. The molecular weight excluding hydrogens is 594 g/mol. The number of alkyl halides is 3. The van der Waals surface area contributed by atoms with E-state index in [0.29, 0.717) is 28.2 Å². The summed E-state index contributed by atoms with van der Waals surface area (Å²) in [7, 11) is 0.211. The van der Waals surface area contributed by atoms with E-state index >= 15 is 4.39 Å². The molecule has 0 bridgehead atoms. The predicted octanol–water partition coefficient (Wildman–Crippen LogP) is 6.58. The molecule has 0 saturated carbocycles. The molecule has 0 aliphatic rings. The zero-order valence-electron chi connectivity index (χ0n) is 23.2. The Balaban J connectivity index is 1.54. The van der Waals surface area contributed by atoms with Crippen LogP contribution in [0.1, 0.15) is 17.5 Å². The van der Waals surface area contributed by atoms with Gasteiger partial charge < -0.3 is 24.3 Å². The molecule has 43 heavy (non-hydrogen) atoms. The minimum absolute atomic E-state index is 0.0247. The van der Waals surface area contributed by atoms with Gasteiger partial charge in [0.1, 0.15) is 11.6 Å². The fraction of sp³-hybridized carbons (Fsp3) is 0.241. The van der Waals surface area contributed by atoms with Gasteiger partial charge in [0.15, 0.2) is 23.1 Å². The van der Waals surface area contributed by atoms with Gasteiger partial charge in [0.05, 0.1) is 37.7 Å². The van der Waals surface area contributed by atoms with Gasteiger partial charge >= 0.3 is 6.18 Å². The number of fused-ring (bicyclic) bond motifs is 1. The molecule has 0 aliphatic carbocycles. The Hall–Kier alpha value is -4.43. The van der Waals surface area contributed by atoms with Gasteiger partial charge in [0, 0.05) is 42.9 Å². The van der Waals surface area contributed by atoms with Gasteiger partial charge in [-0.2, -0.15) is 13.2 Å². The highest BCUT2D eigenvalue weighted by Crippen LogP contribution is 2.37. The van der Waals surface area contributed by atoms with Gasteiger partial charge in [-0.15, -0.1) is 4.40 Å². The highest BCUT2D eigenvalue weighted by molar-refractivity contribution is 7.89. The van der Waals surface area contributed by atoms with Gasteiger partial charge in [0.25, 0.3) is 10.0 Å². The van der Waals surface area contributed by atoms with Crippen LogP contribution in [0.25, 0.3) is 10.9 Å². The number of rotatable bonds is 11. The van der Waals surface area contributed by atoms with Crippen molar-refractivity contribution in [2.24, 2.45) is 4.40 Å². The molecule has 0 spiro atoms. The molecular formula is C29H27F4N3O6S. The molecule has 4 rings (SSSR count). The first-order valence-electron chi connectivity index (χ1n) is 12.6. The van der Waals surface area contributed by atoms with Crippen LogP contribution >= 0.6 is 0 Å². The summed E-state index contributed by atoms with van der Waals surface area (Å²) in [4.78, 5) is 4.29. The summed E-state index contributed by atoms with van der Waals surface area (Å²) in [5.41, 5.74) is -0.0676. The molecule has 0 unspecified atom stereocenters. The molecule has 0 aliphatic heterocycles. The van der Waals surface area contributed by atoms with Crippen molar-refractivity contribution >= 4 is 32.4 Å². The maximum absolute atomic E-state index is 15.2. The molecule has 0 amide bonds. The number of sulfonamides is 1. The van der Waals surface area contributed by atoms with Crippen molar-refractivity contribution in [2.75, 3.05) is 33.3 Å². The van der Waals surface area contributed by atoms with Crippen LogP contribution in [-0.4, -0.2) is 47.2 Å². The summed E-state index contributed by atoms with van der Waals surface area (Å²) in [5.74, 6) is -0.351. The average molecular weight is 622 g/mol. The number of anilines is 1. The van der Waals surface area contributed by atoms with E-state index < -0.39 is 33.3 Å². The Morgan fingerprint density at radius 1 is 0.907 bits per heavy atom. The van der Waals surface area contributed by atoms with Crippen LogP contribution in [0.5, 0.6) is 23.0 Å². The largest absolute Gasteiger partial charge is 0.493 e. The lowest BCUT2D eigenvalue weighted by Crippen LogP contribution is -2.17. The average Bonchev–Trinajstić information content (AvgIpc) is 2.96. The third-order valence-electron chi connectivity index (χ3n) is 6.07. The fourth-order valence-electron chi connectivity index (χ4n) is 4.01. The smallest absolute Gasteiger partial charge is 0.416 e. The Kier molecular flexibility index (Phi) is 9.71. The van der Waals surface area contributed by atoms with E-state index in [2.05, 4.69) is 14.7 Å². The lowest BCUT2D eigenvalue weighted by molar-refractivity contribution is -0.137. The van der Waals surface area contributed by atoms with E-state index in [1.54, 1.807) is 18.2 Å². The number of hydrogen-bond acceptors (Lipinski definition) is 7. The second-order valence-electron chi connectivity index (χ2n) is 9.11. The summed E-state index contributed by atoms with van der Waals surface area (Å²) in [6, 6.07) is 12.6. The maximum Gasteiger partial charge on any atom is 0.416 e. The van der Waals surface area contributed by atoms with Crippen LogP contribution in [0, 0.1) is 5.82 Å². The van der Waals surface area contributed by atoms with Crippen molar-refractivity contribution in [1.82, 2.24) is 4.98 Å². The first-order chi connectivity index (χ1) is 20.4. The van der Waals surface area contributed by atoms with Crippen LogP contribution in [-0.2, 0) is 26.7 Å². The summed E-state index contributed by atoms with van der Waals surface area (Å²) < 4.78 is 104. The highest BCUT2D eigenvalue weighted by Gasteiger charge is 2.30. The van der Waals surface area contributed by atoms with Crippen LogP contribution < -0.4 is 19.5 Å². The minimum atomic E-state index is -4.55. The first-order valence-corrected chi connectivity index (χ1v) is 14.2. The Labute approximate surface area is 245 Å². The third kappa shape index (κ3) is 8.11. The number of nitrogens with one attached hydrogen (secondary N) is 1. The van der Waals surface area contributed by atoms with Crippen molar-refractivity contribution in [2.45, 2.75) is 18.3 Å². The number of ether oxygens (including phenoxy) is 4. The van der Waals surface area contributed by atoms with Crippen molar-refractivity contribution in [3.05, 3.63) is 83.8 Å². The summed E-state index contributed by atoms with van der Waals surface area (Å²) in [6.07, 6.45) is -3.02. The van der Waals surface area contributed by atoms with Crippen molar-refractivity contribution in [1.29, 1.82) is 0 Å². The lowest BCUT2D eigenvalue weighted by atomic mass is 10.1. The quantitative estimate of drug-likeness (QED) is 0.114. The van der Waals surface area contributed by atoms with Crippen LogP contribution in [0.2, 0.25) is 0 Å². The second-order valence-corrected chi connectivity index (χ2v) is 10.7. The number of methoxy groups -OCH3 is 3. The van der Waals surface area contributed by atoms with Crippen molar-refractivity contribution < 1.29 is 44.9 Å². The van der Waals surface area contributed by atoms with E-state index in [4.69, 9.17) is 18.9 Å². The minimum Gasteiger partial charge on any atom is -0.493 e. The first kappa shape index (κ1) is 31.5. The summed E-state index contributed by atoms with van der Waals surface area (Å²) in [5, 5.41) is 3.33. The molecule has 1 aromatic heterocycles. The van der Waals surface area contributed by atoms with E-state index in [1.807, 2.05) is 0 Å². The molecule has 0 saturated heterocycles. The molecule has 1 N–H and O–H groups in total. The van der Waals surface area contributed by atoms with E-state index in [1.165, 1.54) is 39.7 Å². The Bertz CT molecular complexity index is 1730. The van der Waals surface area contributed by atoms with E-state index in [9.17, 15) is 21.6 Å². The molecule has 3 aromatic carbocycles. The number of benzene rings is 3. The molecule has 0 atom stereocenters. The van der Waals surface area contributed by atoms with Crippen molar-refractivity contribution in [3.8, 4) is 23.0 Å². The highest BCUT2D eigenvalue weighted by atomic mass is 32.2. The van der Waals surface area contributed by atoms with Gasteiger partial charge in [-0.05, 0) is 42.0 Å². The Morgan fingerprint density at radius 3 is 2.23 bits per heavy atom. The molecule has 0 radical (unpaired) electrons. The third-order valence-corrected chi connectivity index (χ3v) is 7.27. The summed E-state index contributed by atoms with van der Waals surface area (Å²) in [6.45, 7) is 0.0919. The van der Waals surface area contributed by atoms with E-state index in [-0.39, 0.29) is 35.9 Å². The number of hydrogen-bond donors (Lipinski definition) is 1. The maximum atomic E-state index is 15.2. The lowest BCUT2D eigenvalue weighted by Gasteiger charge is -2.14. The summed E-state index contributed by atoms with van der Waals surface area (Å²) >= 11 is 0. The number of amidine groups is 1. The topological polar surface area (TPSA) is 108 Å². The van der Waals surface area contributed by atoms with Gasteiger partial charge in [-0.1, -0.05) is 12.1 Å². The van der Waals surface area contributed by atoms with Gasteiger partial charge in [-0.25, -0.2) is 12.8 Å². The van der Waals surface area contributed by atoms with E-state index in [0.717, 1.165) is 30.3 Å². The normalized spacial score (nSPS) is 12.3. The molecule has 4 aromatic rings. The fourth-order valence-corrected chi connectivity index (χ4v) is 5.16. The molecule has 14 heteroatoms. The number of halogens is 4. The second kappa shape index (κ2) is 13.3. The van der Waals surface area contributed by atoms with Crippen molar-refractivity contribution in [3.63, 3.8) is 0 Å². The molecule has 0 fully saturated rings. The van der Waals surface area contributed by atoms with Gasteiger partial charge in [-0.3, -0.25) is 4.98 Å². The zero-order valence-corrected chi connectivity index (χ0v) is 24.1.